The van der Waals surface area contributed by atoms with Crippen molar-refractivity contribution < 1.29 is 9.47 Å². The van der Waals surface area contributed by atoms with Crippen molar-refractivity contribution in [3.8, 4) is 11.5 Å². The fourth-order valence-corrected chi connectivity index (χ4v) is 3.37. The molecule has 0 unspecified atom stereocenters. The summed E-state index contributed by atoms with van der Waals surface area (Å²) in [5, 5.41) is 0. The van der Waals surface area contributed by atoms with Gasteiger partial charge < -0.3 is 15.2 Å². The highest BCUT2D eigenvalue weighted by atomic mass is 16.5. The fraction of sp³-hybridized carbons (Fsp3) is 0.250. The Labute approximate surface area is 160 Å². The molecule has 27 heavy (non-hydrogen) atoms. The van der Waals surface area contributed by atoms with E-state index in [0.29, 0.717) is 13.2 Å². The van der Waals surface area contributed by atoms with Gasteiger partial charge in [0.25, 0.3) is 0 Å². The van der Waals surface area contributed by atoms with Crippen LogP contribution in [0.1, 0.15) is 36.0 Å². The minimum absolute atomic E-state index is 0.219. The minimum Gasteiger partial charge on any atom is -0.485 e. The summed E-state index contributed by atoms with van der Waals surface area (Å²) >= 11 is 0. The summed E-state index contributed by atoms with van der Waals surface area (Å²) in [6.45, 7) is 1.01. The molecule has 0 heterocycles. The van der Waals surface area contributed by atoms with Crippen LogP contribution in [0.25, 0.3) is 0 Å². The van der Waals surface area contributed by atoms with Crippen molar-refractivity contribution in [2.45, 2.75) is 38.0 Å². The van der Waals surface area contributed by atoms with Crippen LogP contribution in [-0.2, 0) is 18.8 Å². The average Bonchev–Trinajstić information content (AvgIpc) is 2.71. The van der Waals surface area contributed by atoms with E-state index in [0.717, 1.165) is 41.0 Å². The number of hydrogen-bond acceptors (Lipinski definition) is 3. The first kappa shape index (κ1) is 17.6. The molecule has 1 fully saturated rings. The van der Waals surface area contributed by atoms with Crippen molar-refractivity contribution in [3.63, 3.8) is 0 Å². The third-order valence-corrected chi connectivity index (χ3v) is 5.24. The number of ether oxygens (including phenoxy) is 2. The molecule has 0 radical (unpaired) electrons. The Bertz CT molecular complexity index is 873. The Morgan fingerprint density at radius 1 is 0.704 bits per heavy atom. The number of benzene rings is 3. The van der Waals surface area contributed by atoms with Crippen LogP contribution in [0.2, 0.25) is 0 Å². The number of rotatable bonds is 7. The van der Waals surface area contributed by atoms with Gasteiger partial charge in [-0.05, 0) is 48.1 Å². The zero-order valence-electron chi connectivity index (χ0n) is 15.4. The van der Waals surface area contributed by atoms with Crippen LogP contribution in [0.15, 0.2) is 78.9 Å². The lowest BCUT2D eigenvalue weighted by Gasteiger charge is -2.38. The molecular weight excluding hydrogens is 334 g/mol. The van der Waals surface area contributed by atoms with Crippen LogP contribution in [-0.4, -0.2) is 0 Å². The summed E-state index contributed by atoms with van der Waals surface area (Å²) in [6, 6.07) is 26.4. The Kier molecular flexibility index (Phi) is 5.12. The van der Waals surface area contributed by atoms with E-state index in [4.69, 9.17) is 15.2 Å². The van der Waals surface area contributed by atoms with E-state index in [9.17, 15) is 0 Å². The molecule has 0 bridgehead atoms. The first-order valence-corrected chi connectivity index (χ1v) is 9.50. The van der Waals surface area contributed by atoms with Crippen LogP contribution in [0.3, 0.4) is 0 Å². The van der Waals surface area contributed by atoms with Crippen molar-refractivity contribution in [2.24, 2.45) is 5.73 Å². The standard InChI is InChI=1S/C24H25NO2/c25-24(14-7-15-24)21-12-13-22(26-17-19-8-3-1-4-9-19)23(16-21)27-18-20-10-5-2-6-11-20/h1-6,8-13,16H,7,14-15,17-18,25H2. The van der Waals surface area contributed by atoms with Gasteiger partial charge in [0.2, 0.25) is 0 Å². The van der Waals surface area contributed by atoms with E-state index in [1.807, 2.05) is 42.5 Å². The molecular formula is C24H25NO2. The van der Waals surface area contributed by atoms with E-state index >= 15 is 0 Å². The number of hydrogen-bond donors (Lipinski definition) is 1. The zero-order chi connectivity index (χ0) is 18.5. The van der Waals surface area contributed by atoms with Gasteiger partial charge in [0.15, 0.2) is 11.5 Å². The third kappa shape index (κ3) is 4.15. The summed E-state index contributed by atoms with van der Waals surface area (Å²) in [4.78, 5) is 0. The van der Waals surface area contributed by atoms with Crippen molar-refractivity contribution in [3.05, 3.63) is 95.6 Å². The maximum absolute atomic E-state index is 6.52. The second kappa shape index (κ2) is 7.85. The molecule has 0 atom stereocenters. The summed E-state index contributed by atoms with van der Waals surface area (Å²) in [7, 11) is 0. The molecule has 3 heteroatoms. The van der Waals surface area contributed by atoms with Crippen molar-refractivity contribution >= 4 is 0 Å². The molecule has 0 amide bonds. The molecule has 1 saturated carbocycles. The summed E-state index contributed by atoms with van der Waals surface area (Å²) < 4.78 is 12.2. The Morgan fingerprint density at radius 3 is 1.78 bits per heavy atom. The molecule has 0 saturated heterocycles. The lowest BCUT2D eigenvalue weighted by molar-refractivity contribution is 0.242. The Morgan fingerprint density at radius 2 is 1.26 bits per heavy atom. The summed E-state index contributed by atoms with van der Waals surface area (Å²) in [6.07, 6.45) is 3.23. The predicted octanol–water partition coefficient (Wildman–Crippen LogP) is 5.18. The topological polar surface area (TPSA) is 44.5 Å². The minimum atomic E-state index is -0.219. The smallest absolute Gasteiger partial charge is 0.162 e. The molecule has 0 spiro atoms. The summed E-state index contributed by atoms with van der Waals surface area (Å²) in [5.41, 5.74) is 9.69. The van der Waals surface area contributed by atoms with Crippen LogP contribution in [0.4, 0.5) is 0 Å². The molecule has 138 valence electrons. The fourth-order valence-electron chi connectivity index (χ4n) is 3.37. The van der Waals surface area contributed by atoms with E-state index in [-0.39, 0.29) is 5.54 Å². The molecule has 1 aliphatic carbocycles. The van der Waals surface area contributed by atoms with Gasteiger partial charge in [0.05, 0.1) is 0 Å². The molecule has 4 rings (SSSR count). The van der Waals surface area contributed by atoms with Crippen LogP contribution in [0.5, 0.6) is 11.5 Å². The van der Waals surface area contributed by atoms with Gasteiger partial charge in [0, 0.05) is 5.54 Å². The van der Waals surface area contributed by atoms with Crippen molar-refractivity contribution in [2.75, 3.05) is 0 Å². The third-order valence-electron chi connectivity index (χ3n) is 5.24. The highest BCUT2D eigenvalue weighted by molar-refractivity contribution is 5.46. The normalized spacial score (nSPS) is 15.0. The Hall–Kier alpha value is -2.78. The second-order valence-electron chi connectivity index (χ2n) is 7.22. The maximum atomic E-state index is 6.52. The average molecular weight is 359 g/mol. The van der Waals surface area contributed by atoms with Gasteiger partial charge in [0.1, 0.15) is 13.2 Å². The maximum Gasteiger partial charge on any atom is 0.162 e. The van der Waals surface area contributed by atoms with Gasteiger partial charge in [-0.15, -0.1) is 0 Å². The van der Waals surface area contributed by atoms with Crippen molar-refractivity contribution in [1.82, 2.24) is 0 Å². The molecule has 3 aromatic carbocycles. The zero-order valence-corrected chi connectivity index (χ0v) is 15.4. The molecule has 2 N–H and O–H groups in total. The first-order valence-electron chi connectivity index (χ1n) is 9.50. The van der Waals surface area contributed by atoms with E-state index in [2.05, 4.69) is 36.4 Å². The predicted molar refractivity (Wildman–Crippen MR) is 108 cm³/mol. The highest BCUT2D eigenvalue weighted by Crippen LogP contribution is 2.42. The lowest BCUT2D eigenvalue weighted by atomic mass is 9.73. The van der Waals surface area contributed by atoms with Crippen LogP contribution >= 0.6 is 0 Å². The van der Waals surface area contributed by atoms with Gasteiger partial charge in [-0.1, -0.05) is 66.7 Å². The molecule has 3 aromatic rings. The molecule has 0 aromatic heterocycles. The van der Waals surface area contributed by atoms with Gasteiger partial charge in [-0.25, -0.2) is 0 Å². The first-order chi connectivity index (χ1) is 13.2. The molecule has 3 nitrogen and oxygen atoms in total. The molecule has 1 aliphatic rings. The second-order valence-corrected chi connectivity index (χ2v) is 7.22. The van der Waals surface area contributed by atoms with Crippen LogP contribution < -0.4 is 15.2 Å². The van der Waals surface area contributed by atoms with Gasteiger partial charge in [-0.3, -0.25) is 0 Å². The van der Waals surface area contributed by atoms with E-state index in [1.165, 1.54) is 6.42 Å². The monoisotopic (exact) mass is 359 g/mol. The largest absolute Gasteiger partial charge is 0.485 e. The van der Waals surface area contributed by atoms with Gasteiger partial charge in [-0.2, -0.15) is 0 Å². The lowest BCUT2D eigenvalue weighted by Crippen LogP contribution is -2.43. The van der Waals surface area contributed by atoms with E-state index < -0.39 is 0 Å². The van der Waals surface area contributed by atoms with Crippen LogP contribution in [0, 0.1) is 0 Å². The highest BCUT2D eigenvalue weighted by Gasteiger charge is 2.34. The SMILES string of the molecule is NC1(c2ccc(OCc3ccccc3)c(OCc3ccccc3)c2)CCC1. The van der Waals surface area contributed by atoms with Crippen molar-refractivity contribution in [1.29, 1.82) is 0 Å². The van der Waals surface area contributed by atoms with E-state index in [1.54, 1.807) is 0 Å². The quantitative estimate of drug-likeness (QED) is 0.632. The Balaban J connectivity index is 1.54. The van der Waals surface area contributed by atoms with Gasteiger partial charge >= 0.3 is 0 Å². The summed E-state index contributed by atoms with van der Waals surface area (Å²) in [5.74, 6) is 1.51. The molecule has 0 aliphatic heterocycles. The number of nitrogens with two attached hydrogens (primary N) is 1.